The molecule has 1 spiro atoms. The van der Waals surface area contributed by atoms with E-state index in [-0.39, 0.29) is 29.7 Å². The van der Waals surface area contributed by atoms with Crippen LogP contribution in [0.15, 0.2) is 48.7 Å². The van der Waals surface area contributed by atoms with E-state index < -0.39 is 126 Å². The quantitative estimate of drug-likeness (QED) is 0.297. The molecular formula is C41H47NO17. The molecule has 0 unspecified atom stereocenters. The lowest BCUT2D eigenvalue weighted by molar-refractivity contribution is -0.385. The molecule has 2 saturated carbocycles. The Balaban J connectivity index is 1.73. The van der Waals surface area contributed by atoms with Gasteiger partial charge in [-0.3, -0.25) is 29.0 Å². The number of aliphatic hydroxyl groups is 2. The molecule has 4 aliphatic rings. The number of aliphatic hydroxyl groups excluding tert-OH is 1. The Morgan fingerprint density at radius 1 is 0.847 bits per heavy atom. The topological polar surface area (TPSA) is 247 Å². The molecule has 3 heterocycles. The number of aromatic nitrogens is 1. The second kappa shape index (κ2) is 16.0. The van der Waals surface area contributed by atoms with Crippen LogP contribution in [0.3, 0.4) is 0 Å². The first-order valence-corrected chi connectivity index (χ1v) is 19.0. The average Bonchev–Trinajstić information content (AvgIpc) is 3.37. The second-order valence-corrected chi connectivity index (χ2v) is 15.8. The van der Waals surface area contributed by atoms with E-state index in [0.717, 1.165) is 34.6 Å². The van der Waals surface area contributed by atoms with Gasteiger partial charge in [0.25, 0.3) is 0 Å². The SMILES string of the molecule is CC(=O)OC[C@@]12[C@H](OC(=O)c3ccccc3)[C@@H](OC(C)=O)[C@H]3OC(=O)[C@@H](C)CCc4ncccc4C(=O)OC[C@]4(C)O[C@@]1([C@H](O)[C@H]4[C@@H](OC(C)=O)[C@@H]2OC(C)=O)[C@@]3(C)O. The number of hydrogen-bond donors (Lipinski definition) is 2. The fourth-order valence-electron chi connectivity index (χ4n) is 9.45. The Labute approximate surface area is 338 Å². The van der Waals surface area contributed by atoms with Gasteiger partial charge in [0.1, 0.15) is 41.5 Å². The number of carbonyl (C=O) groups is 7. The second-order valence-electron chi connectivity index (χ2n) is 15.8. The minimum absolute atomic E-state index is 0.0401. The number of cyclic esters (lactones) is 1. The van der Waals surface area contributed by atoms with Gasteiger partial charge in [-0.25, -0.2) is 9.59 Å². The molecule has 6 rings (SSSR count). The van der Waals surface area contributed by atoms with E-state index in [1.807, 2.05) is 0 Å². The van der Waals surface area contributed by atoms with Gasteiger partial charge in [-0.2, -0.15) is 0 Å². The number of hydrogen-bond acceptors (Lipinski definition) is 18. The Hall–Kier alpha value is -5.46. The lowest BCUT2D eigenvalue weighted by Crippen LogP contribution is -2.89. The van der Waals surface area contributed by atoms with Gasteiger partial charge in [0.15, 0.2) is 24.4 Å². The van der Waals surface area contributed by atoms with Crippen LogP contribution in [0.2, 0.25) is 0 Å². The average molecular weight is 826 g/mol. The molecule has 2 aromatic rings. The van der Waals surface area contributed by atoms with Gasteiger partial charge in [-0.05, 0) is 51.0 Å². The highest BCUT2D eigenvalue weighted by Gasteiger charge is 2.91. The van der Waals surface area contributed by atoms with Crippen LogP contribution in [0, 0.1) is 17.3 Å². The summed E-state index contributed by atoms with van der Waals surface area (Å²) in [7, 11) is 0. The number of nitrogens with zero attached hydrogens (tertiary/aromatic N) is 1. The predicted molar refractivity (Wildman–Crippen MR) is 196 cm³/mol. The van der Waals surface area contributed by atoms with Crippen molar-refractivity contribution < 1.29 is 81.7 Å². The van der Waals surface area contributed by atoms with E-state index in [2.05, 4.69) is 4.98 Å². The summed E-state index contributed by atoms with van der Waals surface area (Å²) in [4.78, 5) is 99.0. The minimum Gasteiger partial charge on any atom is -0.465 e. The van der Waals surface area contributed by atoms with Crippen LogP contribution in [0.25, 0.3) is 0 Å². The van der Waals surface area contributed by atoms with Gasteiger partial charge in [0.2, 0.25) is 0 Å². The van der Waals surface area contributed by atoms with E-state index in [1.54, 1.807) is 6.07 Å². The van der Waals surface area contributed by atoms with Gasteiger partial charge >= 0.3 is 41.8 Å². The molecule has 12 atom stereocenters. The van der Waals surface area contributed by atoms with E-state index in [9.17, 15) is 43.8 Å². The normalized spacial score (nSPS) is 36.3. The molecule has 59 heavy (non-hydrogen) atoms. The van der Waals surface area contributed by atoms with Crippen LogP contribution in [0.4, 0.5) is 0 Å². The molecule has 318 valence electrons. The van der Waals surface area contributed by atoms with E-state index in [0.29, 0.717) is 0 Å². The minimum atomic E-state index is -2.80. The summed E-state index contributed by atoms with van der Waals surface area (Å²) in [6.07, 6.45) is -10.6. The first-order chi connectivity index (χ1) is 27.7. The molecule has 18 heteroatoms. The molecule has 2 aliphatic heterocycles. The molecule has 1 aromatic heterocycles. The summed E-state index contributed by atoms with van der Waals surface area (Å²) in [5.74, 6) is -9.51. The highest BCUT2D eigenvalue weighted by Crippen LogP contribution is 2.69. The summed E-state index contributed by atoms with van der Waals surface area (Å²) in [6, 6.07) is 10.4. The maximum atomic E-state index is 14.3. The standard InChI is InChI=1S/C41H47NO17/c1-20-15-16-27-26(14-11-17-42-27)37(50)53-18-38(6)28-29(54-22(3)44)33(56-24(5)46)40(19-52-21(2)43)34(58-36(49)25-12-9-8-10-13-25)30(55-23(4)45)32(57-35(20)48)39(7,51)41(40,59-38)31(28)47/h8-14,17,20,28-34,47,51H,15-16,18-19H2,1-7H3/t20-,28+,29+,30-,31+,32+,33-,34+,38-,39-,40+,41-/m0/s1. The number of rotatable bonds is 7. The van der Waals surface area contributed by atoms with Crippen molar-refractivity contribution in [1.82, 2.24) is 4.98 Å². The Morgan fingerprint density at radius 2 is 1.47 bits per heavy atom. The highest BCUT2D eigenvalue weighted by molar-refractivity contribution is 5.91. The van der Waals surface area contributed by atoms with Crippen molar-refractivity contribution in [3.8, 4) is 0 Å². The van der Waals surface area contributed by atoms with E-state index in [4.69, 9.17) is 37.9 Å². The zero-order chi connectivity index (χ0) is 43.2. The van der Waals surface area contributed by atoms with Crippen molar-refractivity contribution >= 4 is 41.8 Å². The smallest absolute Gasteiger partial charge is 0.340 e. The van der Waals surface area contributed by atoms with Crippen molar-refractivity contribution in [2.75, 3.05) is 13.2 Å². The Kier molecular flexibility index (Phi) is 11.7. The van der Waals surface area contributed by atoms with Crippen molar-refractivity contribution in [2.24, 2.45) is 17.3 Å². The van der Waals surface area contributed by atoms with E-state index in [1.165, 1.54) is 56.4 Å². The number of esters is 7. The number of fused-ring (bicyclic) bond motifs is 5. The van der Waals surface area contributed by atoms with Crippen molar-refractivity contribution in [3.63, 3.8) is 0 Å². The first kappa shape index (κ1) is 43.1. The van der Waals surface area contributed by atoms with Gasteiger partial charge in [-0.1, -0.05) is 25.1 Å². The molecule has 2 aliphatic carbocycles. The zero-order valence-electron chi connectivity index (χ0n) is 33.5. The third-order valence-electron chi connectivity index (χ3n) is 11.8. The van der Waals surface area contributed by atoms with Crippen LogP contribution in [0.1, 0.15) is 81.3 Å². The number of benzene rings is 1. The van der Waals surface area contributed by atoms with Crippen LogP contribution in [0.5, 0.6) is 0 Å². The Morgan fingerprint density at radius 3 is 2.10 bits per heavy atom. The summed E-state index contributed by atoms with van der Waals surface area (Å²) in [5, 5.41) is 26.3. The number of aryl methyl sites for hydroxylation is 1. The summed E-state index contributed by atoms with van der Waals surface area (Å²) >= 11 is 0. The van der Waals surface area contributed by atoms with Crippen molar-refractivity contribution in [1.29, 1.82) is 0 Å². The number of carbonyl (C=O) groups excluding carboxylic acids is 7. The maximum Gasteiger partial charge on any atom is 0.340 e. The van der Waals surface area contributed by atoms with Crippen molar-refractivity contribution in [2.45, 2.75) is 115 Å². The summed E-state index contributed by atoms with van der Waals surface area (Å²) in [5.41, 5.74) is -9.98. The molecule has 18 nitrogen and oxygen atoms in total. The molecule has 4 bridgehead atoms. The predicted octanol–water partition coefficient (Wildman–Crippen LogP) is 1.59. The third kappa shape index (κ3) is 7.20. The van der Waals surface area contributed by atoms with E-state index >= 15 is 0 Å². The van der Waals surface area contributed by atoms with Gasteiger partial charge in [-0.15, -0.1) is 0 Å². The molecule has 1 aromatic carbocycles. The van der Waals surface area contributed by atoms with Gasteiger partial charge in [0, 0.05) is 33.9 Å². The molecule has 3 fully saturated rings. The van der Waals surface area contributed by atoms with Gasteiger partial charge in [0.05, 0.1) is 34.8 Å². The lowest BCUT2D eigenvalue weighted by atomic mass is 9.45. The highest BCUT2D eigenvalue weighted by atomic mass is 16.7. The first-order valence-electron chi connectivity index (χ1n) is 19.0. The van der Waals surface area contributed by atoms with Crippen LogP contribution in [-0.2, 0) is 68.3 Å². The molecule has 2 N–H and O–H groups in total. The monoisotopic (exact) mass is 825 g/mol. The third-order valence-corrected chi connectivity index (χ3v) is 11.8. The molecule has 0 radical (unpaired) electrons. The number of pyridine rings is 1. The van der Waals surface area contributed by atoms with Gasteiger partial charge < -0.3 is 48.1 Å². The van der Waals surface area contributed by atoms with Crippen molar-refractivity contribution in [3.05, 3.63) is 65.5 Å². The lowest BCUT2D eigenvalue weighted by Gasteiger charge is -2.67. The van der Waals surface area contributed by atoms with Crippen LogP contribution < -0.4 is 0 Å². The Bertz CT molecular complexity index is 2020. The fourth-order valence-corrected chi connectivity index (χ4v) is 9.45. The fraction of sp³-hybridized carbons (Fsp3) is 0.561. The summed E-state index contributed by atoms with van der Waals surface area (Å²) < 4.78 is 48.6. The molecule has 0 amide bonds. The molecule has 1 saturated heterocycles. The maximum absolute atomic E-state index is 14.3. The summed E-state index contributed by atoms with van der Waals surface area (Å²) in [6.45, 7) is 6.23. The van der Waals surface area contributed by atoms with Crippen LogP contribution in [-0.4, -0.2) is 124 Å². The largest absolute Gasteiger partial charge is 0.465 e. The molecular weight excluding hydrogens is 778 g/mol. The zero-order valence-corrected chi connectivity index (χ0v) is 33.5. The van der Waals surface area contributed by atoms with Crippen LogP contribution >= 0.6 is 0 Å². The number of ether oxygens (including phenoxy) is 8.